The van der Waals surface area contributed by atoms with Crippen LogP contribution in [0.4, 0.5) is 13.2 Å². The van der Waals surface area contributed by atoms with Crippen LogP contribution in [-0.4, -0.2) is 23.4 Å². The topological polar surface area (TPSA) is 46.5 Å². The molecule has 0 bridgehead atoms. The number of carboxylic acid groups (broad SMARTS) is 1. The molecule has 0 spiro atoms. The minimum Gasteiger partial charge on any atom is -0.481 e. The minimum atomic E-state index is -4.74. The second-order valence-electron chi connectivity index (χ2n) is 4.58. The van der Waals surface area contributed by atoms with Crippen LogP contribution < -0.4 is 4.74 Å². The van der Waals surface area contributed by atoms with Crippen molar-refractivity contribution in [2.75, 3.05) is 0 Å². The van der Waals surface area contributed by atoms with Crippen LogP contribution in [0.15, 0.2) is 22.7 Å². The number of alkyl halides is 3. The highest BCUT2D eigenvalue weighted by molar-refractivity contribution is 9.10. The second kappa shape index (κ2) is 6.47. The van der Waals surface area contributed by atoms with E-state index in [0.29, 0.717) is 5.56 Å². The summed E-state index contributed by atoms with van der Waals surface area (Å²) in [5.74, 6) is -1.57. The van der Waals surface area contributed by atoms with Crippen molar-refractivity contribution in [2.45, 2.75) is 38.5 Å². The number of hydrogen-bond donors (Lipinski definition) is 1. The highest BCUT2D eigenvalue weighted by Crippen LogP contribution is 2.34. The Morgan fingerprint density at radius 1 is 1.40 bits per heavy atom. The van der Waals surface area contributed by atoms with Gasteiger partial charge in [0.15, 0.2) is 0 Å². The lowest BCUT2D eigenvalue weighted by Crippen LogP contribution is -2.36. The van der Waals surface area contributed by atoms with Gasteiger partial charge in [-0.05, 0) is 29.7 Å². The molecule has 0 amide bonds. The number of carboxylic acids is 1. The first kappa shape index (κ1) is 16.8. The molecule has 3 nitrogen and oxygen atoms in total. The zero-order valence-electron chi connectivity index (χ0n) is 10.9. The first-order valence-electron chi connectivity index (χ1n) is 5.86. The number of hydrogen-bond acceptors (Lipinski definition) is 2. The molecule has 0 aliphatic rings. The summed E-state index contributed by atoms with van der Waals surface area (Å²) in [6, 6.07) is 4.61. The normalized spacial score (nSPS) is 13.3. The molecule has 7 heteroatoms. The predicted octanol–water partition coefficient (Wildman–Crippen LogP) is 4.36. The molecule has 0 aliphatic heterocycles. The van der Waals surface area contributed by atoms with Gasteiger partial charge in [-0.2, -0.15) is 13.2 Å². The maximum atomic E-state index is 12.8. The van der Waals surface area contributed by atoms with Crippen molar-refractivity contribution >= 4 is 21.9 Å². The zero-order chi connectivity index (χ0) is 15.5. The molecule has 1 atom stereocenters. The highest BCUT2D eigenvalue weighted by Gasteiger charge is 2.43. The van der Waals surface area contributed by atoms with Crippen LogP contribution in [0.5, 0.6) is 5.75 Å². The van der Waals surface area contributed by atoms with Crippen molar-refractivity contribution in [1.29, 1.82) is 0 Å². The molecule has 112 valence electrons. The average Bonchev–Trinajstić information content (AvgIpc) is 2.28. The predicted molar refractivity (Wildman–Crippen MR) is 71.0 cm³/mol. The average molecular weight is 355 g/mol. The van der Waals surface area contributed by atoms with Gasteiger partial charge in [0.05, 0.1) is 6.42 Å². The summed E-state index contributed by atoms with van der Waals surface area (Å²) >= 11 is 3.24. The molecule has 0 saturated carbocycles. The van der Waals surface area contributed by atoms with Crippen LogP contribution >= 0.6 is 15.9 Å². The number of aliphatic carboxylic acids is 1. The lowest BCUT2D eigenvalue weighted by atomic mass is 10.0. The summed E-state index contributed by atoms with van der Waals surface area (Å²) < 4.78 is 44.0. The molecule has 1 unspecified atom stereocenters. The van der Waals surface area contributed by atoms with Crippen LogP contribution in [0.1, 0.15) is 31.7 Å². The van der Waals surface area contributed by atoms with Gasteiger partial charge >= 0.3 is 12.1 Å². The molecule has 1 aromatic rings. The molecule has 20 heavy (non-hydrogen) atoms. The molecule has 0 radical (unpaired) electrons. The zero-order valence-corrected chi connectivity index (χ0v) is 12.5. The van der Waals surface area contributed by atoms with Gasteiger partial charge in [-0.25, -0.2) is 0 Å². The Balaban J connectivity index is 3.08. The smallest absolute Gasteiger partial charge is 0.426 e. The lowest BCUT2D eigenvalue weighted by Gasteiger charge is -2.23. The molecule has 1 N–H and O–H groups in total. The van der Waals surface area contributed by atoms with E-state index in [1.54, 1.807) is 12.1 Å². The summed E-state index contributed by atoms with van der Waals surface area (Å²) in [7, 11) is 0. The van der Waals surface area contributed by atoms with Crippen LogP contribution in [0.25, 0.3) is 0 Å². The number of benzene rings is 1. The molecule has 1 aromatic carbocycles. The fraction of sp³-hybridized carbons (Fsp3) is 0.462. The standard InChI is InChI=1S/C13H14BrF3O3/c1-7(2)9-5-8(14)3-4-10(9)20-11(6-12(18)19)13(15,16)17/h3-5,7,11H,6H2,1-2H3,(H,18,19). The van der Waals surface area contributed by atoms with Crippen molar-refractivity contribution < 1.29 is 27.8 Å². The number of carbonyl (C=O) groups is 1. The first-order chi connectivity index (χ1) is 9.11. The highest BCUT2D eigenvalue weighted by atomic mass is 79.9. The molecule has 0 aromatic heterocycles. The third kappa shape index (κ3) is 4.70. The monoisotopic (exact) mass is 354 g/mol. The molecule has 0 aliphatic carbocycles. The minimum absolute atomic E-state index is 0.0479. The fourth-order valence-electron chi connectivity index (χ4n) is 1.61. The summed E-state index contributed by atoms with van der Waals surface area (Å²) in [6.45, 7) is 3.63. The van der Waals surface area contributed by atoms with Gasteiger partial charge in [0, 0.05) is 4.47 Å². The van der Waals surface area contributed by atoms with Gasteiger partial charge in [0.2, 0.25) is 6.10 Å². The van der Waals surface area contributed by atoms with Crippen molar-refractivity contribution in [1.82, 2.24) is 0 Å². The number of ether oxygens (including phenoxy) is 1. The molecule has 0 fully saturated rings. The lowest BCUT2D eigenvalue weighted by molar-refractivity contribution is -0.200. The van der Waals surface area contributed by atoms with E-state index in [4.69, 9.17) is 9.84 Å². The molecule has 0 saturated heterocycles. The van der Waals surface area contributed by atoms with Gasteiger partial charge < -0.3 is 9.84 Å². The van der Waals surface area contributed by atoms with Crippen LogP contribution in [0.3, 0.4) is 0 Å². The Kier molecular flexibility index (Phi) is 5.44. The van der Waals surface area contributed by atoms with E-state index in [2.05, 4.69) is 15.9 Å². The Morgan fingerprint density at radius 3 is 2.45 bits per heavy atom. The van der Waals surface area contributed by atoms with E-state index in [9.17, 15) is 18.0 Å². The van der Waals surface area contributed by atoms with Gasteiger partial charge in [-0.15, -0.1) is 0 Å². The van der Waals surface area contributed by atoms with E-state index in [1.165, 1.54) is 6.07 Å². The Morgan fingerprint density at radius 2 is 2.00 bits per heavy atom. The summed E-state index contributed by atoms with van der Waals surface area (Å²) in [6.07, 6.45) is -8.23. The summed E-state index contributed by atoms with van der Waals surface area (Å²) in [4.78, 5) is 10.5. The van der Waals surface area contributed by atoms with Crippen molar-refractivity contribution in [3.8, 4) is 5.75 Å². The second-order valence-corrected chi connectivity index (χ2v) is 5.50. The van der Waals surface area contributed by atoms with E-state index in [0.717, 1.165) is 4.47 Å². The van der Waals surface area contributed by atoms with Gasteiger partial charge in [0.25, 0.3) is 0 Å². The van der Waals surface area contributed by atoms with Crippen molar-refractivity contribution in [3.63, 3.8) is 0 Å². The Bertz CT molecular complexity index is 486. The summed E-state index contributed by atoms with van der Waals surface area (Å²) in [5, 5.41) is 8.56. The molecular weight excluding hydrogens is 341 g/mol. The van der Waals surface area contributed by atoms with E-state index >= 15 is 0 Å². The largest absolute Gasteiger partial charge is 0.481 e. The van der Waals surface area contributed by atoms with Gasteiger partial charge in [0.1, 0.15) is 5.75 Å². The maximum Gasteiger partial charge on any atom is 0.426 e. The number of halogens is 4. The van der Waals surface area contributed by atoms with E-state index in [-0.39, 0.29) is 11.7 Å². The quantitative estimate of drug-likeness (QED) is 0.854. The van der Waals surface area contributed by atoms with Gasteiger partial charge in [-0.3, -0.25) is 4.79 Å². The third-order valence-corrected chi connectivity index (χ3v) is 3.08. The Labute approximate surface area is 122 Å². The Hall–Kier alpha value is -1.24. The number of rotatable bonds is 5. The molecule has 1 rings (SSSR count). The van der Waals surface area contributed by atoms with E-state index < -0.39 is 24.7 Å². The van der Waals surface area contributed by atoms with Crippen LogP contribution in [-0.2, 0) is 4.79 Å². The van der Waals surface area contributed by atoms with Crippen LogP contribution in [0, 0.1) is 0 Å². The molecular formula is C13H14BrF3O3. The van der Waals surface area contributed by atoms with Crippen molar-refractivity contribution in [2.24, 2.45) is 0 Å². The van der Waals surface area contributed by atoms with Crippen molar-refractivity contribution in [3.05, 3.63) is 28.2 Å². The SMILES string of the molecule is CC(C)c1cc(Br)ccc1OC(CC(=O)O)C(F)(F)F. The van der Waals surface area contributed by atoms with Crippen LogP contribution in [0.2, 0.25) is 0 Å². The summed E-state index contributed by atoms with van der Waals surface area (Å²) in [5.41, 5.74) is 0.582. The first-order valence-corrected chi connectivity index (χ1v) is 6.65. The van der Waals surface area contributed by atoms with E-state index in [1.807, 2.05) is 13.8 Å². The van der Waals surface area contributed by atoms with Gasteiger partial charge in [-0.1, -0.05) is 29.8 Å². The maximum absolute atomic E-state index is 12.8. The third-order valence-electron chi connectivity index (χ3n) is 2.59. The fourth-order valence-corrected chi connectivity index (χ4v) is 1.99. The molecule has 0 heterocycles.